The van der Waals surface area contributed by atoms with E-state index in [-0.39, 0.29) is 17.9 Å². The molecule has 2 aromatic rings. The van der Waals surface area contributed by atoms with Gasteiger partial charge in [-0.1, -0.05) is 5.16 Å². The van der Waals surface area contributed by atoms with E-state index in [9.17, 15) is 4.79 Å². The summed E-state index contributed by atoms with van der Waals surface area (Å²) < 4.78 is 10.7. The van der Waals surface area contributed by atoms with Crippen molar-refractivity contribution in [3.05, 3.63) is 41.5 Å². The van der Waals surface area contributed by atoms with Gasteiger partial charge in [0.1, 0.15) is 5.75 Å². The summed E-state index contributed by atoms with van der Waals surface area (Å²) in [5.74, 6) is 2.18. The van der Waals surface area contributed by atoms with Crippen LogP contribution in [0.5, 0.6) is 5.75 Å². The number of carbonyl (C=O) groups is 1. The average molecular weight is 301 g/mol. The first-order valence-electron chi connectivity index (χ1n) is 7.39. The standard InChI is InChI=1S/C16H19N3O3/c1-10(2)21-14-6-4-12(5-7-14)16(20)19-8-13(9-19)15-17-11(3)18-22-15/h4-7,10,13H,8-9H2,1-3H3. The van der Waals surface area contributed by atoms with Gasteiger partial charge in [0.25, 0.3) is 5.91 Å². The van der Waals surface area contributed by atoms with Crippen LogP contribution in [0.4, 0.5) is 0 Å². The van der Waals surface area contributed by atoms with Crippen LogP contribution in [0.2, 0.25) is 0 Å². The minimum atomic E-state index is 0.0172. The van der Waals surface area contributed by atoms with E-state index in [4.69, 9.17) is 9.26 Å². The lowest BCUT2D eigenvalue weighted by atomic mass is 9.99. The fourth-order valence-corrected chi connectivity index (χ4v) is 2.41. The zero-order valence-electron chi connectivity index (χ0n) is 12.9. The molecule has 1 aliphatic rings. The molecular formula is C16H19N3O3. The van der Waals surface area contributed by atoms with Gasteiger partial charge in [-0.25, -0.2) is 0 Å². The second kappa shape index (κ2) is 5.79. The Bertz CT molecular complexity index is 658. The number of carbonyl (C=O) groups excluding carboxylic acids is 1. The minimum Gasteiger partial charge on any atom is -0.491 e. The van der Waals surface area contributed by atoms with E-state index in [0.717, 1.165) is 5.75 Å². The summed E-state index contributed by atoms with van der Waals surface area (Å²) in [6.45, 7) is 6.96. The quantitative estimate of drug-likeness (QED) is 0.867. The molecule has 6 nitrogen and oxygen atoms in total. The van der Waals surface area contributed by atoms with E-state index in [0.29, 0.717) is 30.4 Å². The van der Waals surface area contributed by atoms with Crippen LogP contribution in [0.3, 0.4) is 0 Å². The Labute approximate surface area is 129 Å². The molecule has 0 spiro atoms. The summed E-state index contributed by atoms with van der Waals surface area (Å²) in [7, 11) is 0. The predicted octanol–water partition coefficient (Wildman–Crippen LogP) is 2.40. The van der Waals surface area contributed by atoms with Crippen molar-refractivity contribution in [3.8, 4) is 5.75 Å². The van der Waals surface area contributed by atoms with Gasteiger partial charge >= 0.3 is 0 Å². The van der Waals surface area contributed by atoms with Crippen LogP contribution in [-0.4, -0.2) is 40.1 Å². The Balaban J connectivity index is 1.59. The molecule has 3 rings (SSSR count). The lowest BCUT2D eigenvalue weighted by Crippen LogP contribution is -2.48. The van der Waals surface area contributed by atoms with Crippen molar-refractivity contribution in [1.29, 1.82) is 0 Å². The molecule has 0 aliphatic carbocycles. The SMILES string of the molecule is Cc1noc(C2CN(C(=O)c3ccc(OC(C)C)cc3)C2)n1. The van der Waals surface area contributed by atoms with Gasteiger partial charge in [-0.15, -0.1) is 0 Å². The molecule has 0 saturated carbocycles. The number of likely N-dealkylation sites (tertiary alicyclic amines) is 1. The molecule has 116 valence electrons. The Hall–Kier alpha value is -2.37. The van der Waals surface area contributed by atoms with Crippen molar-refractivity contribution in [1.82, 2.24) is 15.0 Å². The first-order chi connectivity index (χ1) is 10.5. The topological polar surface area (TPSA) is 68.5 Å². The van der Waals surface area contributed by atoms with Gasteiger partial charge in [0, 0.05) is 18.7 Å². The van der Waals surface area contributed by atoms with E-state index in [1.165, 1.54) is 0 Å². The van der Waals surface area contributed by atoms with Crippen molar-refractivity contribution in [2.45, 2.75) is 32.8 Å². The summed E-state index contributed by atoms with van der Waals surface area (Å²) in [4.78, 5) is 18.3. The van der Waals surface area contributed by atoms with Crippen molar-refractivity contribution < 1.29 is 14.1 Å². The largest absolute Gasteiger partial charge is 0.491 e. The zero-order valence-corrected chi connectivity index (χ0v) is 12.9. The highest BCUT2D eigenvalue weighted by atomic mass is 16.5. The maximum atomic E-state index is 12.4. The molecule has 2 heterocycles. The van der Waals surface area contributed by atoms with Gasteiger partial charge in [0.05, 0.1) is 12.0 Å². The van der Waals surface area contributed by atoms with Crippen molar-refractivity contribution in [2.75, 3.05) is 13.1 Å². The lowest BCUT2D eigenvalue weighted by Gasteiger charge is -2.37. The van der Waals surface area contributed by atoms with Crippen molar-refractivity contribution in [2.24, 2.45) is 0 Å². The third-order valence-corrected chi connectivity index (χ3v) is 3.53. The number of hydrogen-bond donors (Lipinski definition) is 0. The molecular weight excluding hydrogens is 282 g/mol. The molecule has 0 bridgehead atoms. The normalized spacial score (nSPS) is 15.0. The third-order valence-electron chi connectivity index (χ3n) is 3.53. The number of ether oxygens (including phenoxy) is 1. The van der Waals surface area contributed by atoms with Crippen LogP contribution in [0.15, 0.2) is 28.8 Å². The van der Waals surface area contributed by atoms with E-state index in [2.05, 4.69) is 10.1 Å². The first kappa shape index (κ1) is 14.6. The summed E-state index contributed by atoms with van der Waals surface area (Å²) >= 11 is 0. The average Bonchev–Trinajstić information content (AvgIpc) is 2.83. The number of nitrogens with zero attached hydrogens (tertiary/aromatic N) is 3. The van der Waals surface area contributed by atoms with Gasteiger partial charge in [-0.3, -0.25) is 4.79 Å². The van der Waals surface area contributed by atoms with E-state index in [1.807, 2.05) is 26.0 Å². The number of aromatic nitrogens is 2. The van der Waals surface area contributed by atoms with Crippen LogP contribution in [0.25, 0.3) is 0 Å². The molecule has 1 fully saturated rings. The highest BCUT2D eigenvalue weighted by Crippen LogP contribution is 2.27. The second-order valence-electron chi connectivity index (χ2n) is 5.78. The molecule has 1 aliphatic heterocycles. The molecule has 6 heteroatoms. The van der Waals surface area contributed by atoms with Crippen molar-refractivity contribution >= 4 is 5.91 Å². The third kappa shape index (κ3) is 2.95. The highest BCUT2D eigenvalue weighted by Gasteiger charge is 2.35. The van der Waals surface area contributed by atoms with Gasteiger partial charge in [0.15, 0.2) is 5.82 Å². The van der Waals surface area contributed by atoms with Crippen LogP contribution in [-0.2, 0) is 0 Å². The summed E-state index contributed by atoms with van der Waals surface area (Å²) in [5, 5.41) is 3.78. The van der Waals surface area contributed by atoms with Gasteiger partial charge in [-0.05, 0) is 45.0 Å². The van der Waals surface area contributed by atoms with E-state index in [1.54, 1.807) is 24.0 Å². The Morgan fingerprint density at radius 3 is 2.55 bits per heavy atom. The second-order valence-corrected chi connectivity index (χ2v) is 5.78. The molecule has 22 heavy (non-hydrogen) atoms. The summed E-state index contributed by atoms with van der Waals surface area (Å²) in [6.07, 6.45) is 0.121. The minimum absolute atomic E-state index is 0.0172. The molecule has 0 radical (unpaired) electrons. The summed E-state index contributed by atoms with van der Waals surface area (Å²) in [6, 6.07) is 7.24. The molecule has 1 aromatic heterocycles. The zero-order chi connectivity index (χ0) is 15.7. The molecule has 1 aromatic carbocycles. The van der Waals surface area contributed by atoms with Crippen LogP contribution in [0.1, 0.15) is 41.8 Å². The molecule has 0 N–H and O–H groups in total. The number of aryl methyl sites for hydroxylation is 1. The number of benzene rings is 1. The van der Waals surface area contributed by atoms with Gasteiger partial charge < -0.3 is 14.2 Å². The Morgan fingerprint density at radius 1 is 1.32 bits per heavy atom. The molecule has 0 atom stereocenters. The molecule has 0 unspecified atom stereocenters. The van der Waals surface area contributed by atoms with Crippen molar-refractivity contribution in [3.63, 3.8) is 0 Å². The van der Waals surface area contributed by atoms with Gasteiger partial charge in [0.2, 0.25) is 5.89 Å². The lowest BCUT2D eigenvalue weighted by molar-refractivity contribution is 0.0569. The van der Waals surface area contributed by atoms with Crippen LogP contribution < -0.4 is 4.74 Å². The smallest absolute Gasteiger partial charge is 0.253 e. The number of rotatable bonds is 4. The fourth-order valence-electron chi connectivity index (χ4n) is 2.41. The van der Waals surface area contributed by atoms with Gasteiger partial charge in [-0.2, -0.15) is 4.98 Å². The first-order valence-corrected chi connectivity index (χ1v) is 7.39. The summed E-state index contributed by atoms with van der Waals surface area (Å²) in [5.41, 5.74) is 0.663. The van der Waals surface area contributed by atoms with E-state index >= 15 is 0 Å². The van der Waals surface area contributed by atoms with E-state index < -0.39 is 0 Å². The Morgan fingerprint density at radius 2 is 2.00 bits per heavy atom. The highest BCUT2D eigenvalue weighted by molar-refractivity contribution is 5.95. The maximum absolute atomic E-state index is 12.4. The predicted molar refractivity (Wildman–Crippen MR) is 79.9 cm³/mol. The number of amides is 1. The fraction of sp³-hybridized carbons (Fsp3) is 0.438. The van der Waals surface area contributed by atoms with Crippen LogP contribution >= 0.6 is 0 Å². The van der Waals surface area contributed by atoms with Crippen LogP contribution in [0, 0.1) is 6.92 Å². The maximum Gasteiger partial charge on any atom is 0.253 e. The molecule has 1 saturated heterocycles. The molecule has 1 amide bonds. The Kier molecular flexibility index (Phi) is 3.83. The monoisotopic (exact) mass is 301 g/mol. The number of hydrogen-bond acceptors (Lipinski definition) is 5.